The molecule has 1 aliphatic rings. The van der Waals surface area contributed by atoms with Crippen molar-refractivity contribution in [3.8, 4) is 5.75 Å². The fourth-order valence-corrected chi connectivity index (χ4v) is 1.93. The van der Waals surface area contributed by atoms with E-state index in [0.717, 1.165) is 11.3 Å². The fourth-order valence-electron chi connectivity index (χ4n) is 1.93. The van der Waals surface area contributed by atoms with Gasteiger partial charge in [0.1, 0.15) is 5.75 Å². The second kappa shape index (κ2) is 6.27. The maximum Gasteiger partial charge on any atom is 0.349 e. The topological polar surface area (TPSA) is 73.9 Å². The number of hydrogen-bond acceptors (Lipinski definition) is 6. The molecule has 0 amide bonds. The molecular formula is C14H17NO5. The third-order valence-corrected chi connectivity index (χ3v) is 2.92. The summed E-state index contributed by atoms with van der Waals surface area (Å²) in [6, 6.07) is 5.31. The maximum absolute atomic E-state index is 11.6. The molecule has 0 saturated carbocycles. The number of esters is 2. The van der Waals surface area contributed by atoms with Crippen molar-refractivity contribution in [2.75, 3.05) is 25.6 Å². The summed E-state index contributed by atoms with van der Waals surface area (Å²) in [5.41, 5.74) is 1.58. The summed E-state index contributed by atoms with van der Waals surface area (Å²) in [7, 11) is 1.35. The van der Waals surface area contributed by atoms with Crippen molar-refractivity contribution in [2.24, 2.45) is 0 Å². The number of anilines is 1. The van der Waals surface area contributed by atoms with Crippen molar-refractivity contribution in [3.63, 3.8) is 0 Å². The molecule has 1 heterocycles. The minimum absolute atomic E-state index is 0.201. The van der Waals surface area contributed by atoms with Gasteiger partial charge in [-0.15, -0.1) is 0 Å². The number of methoxy groups -OCH3 is 1. The van der Waals surface area contributed by atoms with E-state index in [1.165, 1.54) is 7.11 Å². The van der Waals surface area contributed by atoms with E-state index in [1.807, 2.05) is 6.07 Å². The molecule has 1 aliphatic heterocycles. The average molecular weight is 279 g/mol. The lowest BCUT2D eigenvalue weighted by molar-refractivity contribution is -0.151. The van der Waals surface area contributed by atoms with Crippen molar-refractivity contribution in [2.45, 2.75) is 19.4 Å². The highest BCUT2D eigenvalue weighted by atomic mass is 16.6. The Morgan fingerprint density at radius 3 is 2.95 bits per heavy atom. The number of benzene rings is 1. The van der Waals surface area contributed by atoms with Crippen LogP contribution in [0.4, 0.5) is 5.69 Å². The highest BCUT2D eigenvalue weighted by Crippen LogP contribution is 2.30. The summed E-state index contributed by atoms with van der Waals surface area (Å²) in [6.45, 7) is 2.41. The van der Waals surface area contributed by atoms with E-state index in [-0.39, 0.29) is 18.4 Å². The third kappa shape index (κ3) is 3.20. The lowest BCUT2D eigenvalue weighted by Gasteiger charge is -2.26. The van der Waals surface area contributed by atoms with Crippen LogP contribution in [0.5, 0.6) is 5.75 Å². The van der Waals surface area contributed by atoms with Crippen LogP contribution in [0.3, 0.4) is 0 Å². The predicted molar refractivity (Wildman–Crippen MR) is 71.7 cm³/mol. The van der Waals surface area contributed by atoms with Gasteiger partial charge in [0.2, 0.25) is 6.10 Å². The number of carbonyl (C=O) groups excluding carboxylic acids is 2. The summed E-state index contributed by atoms with van der Waals surface area (Å²) in [4.78, 5) is 22.8. The second-order valence-corrected chi connectivity index (χ2v) is 4.32. The Morgan fingerprint density at radius 1 is 1.45 bits per heavy atom. The molecule has 6 heteroatoms. The van der Waals surface area contributed by atoms with Gasteiger partial charge < -0.3 is 19.5 Å². The van der Waals surface area contributed by atoms with Gasteiger partial charge in [-0.3, -0.25) is 4.79 Å². The predicted octanol–water partition coefficient (Wildman–Crippen LogP) is 1.14. The van der Waals surface area contributed by atoms with Crippen molar-refractivity contribution in [1.29, 1.82) is 0 Å². The van der Waals surface area contributed by atoms with E-state index in [4.69, 9.17) is 9.47 Å². The van der Waals surface area contributed by atoms with Gasteiger partial charge in [0.05, 0.1) is 32.4 Å². The van der Waals surface area contributed by atoms with Crippen LogP contribution >= 0.6 is 0 Å². The first-order chi connectivity index (χ1) is 9.63. The molecule has 0 aromatic heterocycles. The van der Waals surface area contributed by atoms with Crippen LogP contribution in [0, 0.1) is 0 Å². The van der Waals surface area contributed by atoms with Crippen LogP contribution in [-0.2, 0) is 25.5 Å². The van der Waals surface area contributed by atoms with Crippen molar-refractivity contribution in [1.82, 2.24) is 0 Å². The quantitative estimate of drug-likeness (QED) is 0.833. The first kappa shape index (κ1) is 14.2. The molecule has 0 spiro atoms. The van der Waals surface area contributed by atoms with E-state index < -0.39 is 6.10 Å². The van der Waals surface area contributed by atoms with Gasteiger partial charge in [-0.1, -0.05) is 6.07 Å². The van der Waals surface area contributed by atoms with Crippen molar-refractivity contribution in [3.05, 3.63) is 23.8 Å². The molecule has 1 unspecified atom stereocenters. The van der Waals surface area contributed by atoms with E-state index in [9.17, 15) is 9.59 Å². The lowest BCUT2D eigenvalue weighted by atomic mass is 10.1. The fraction of sp³-hybridized carbons (Fsp3) is 0.429. The van der Waals surface area contributed by atoms with Crippen LogP contribution < -0.4 is 10.1 Å². The Labute approximate surface area is 117 Å². The molecule has 0 fully saturated rings. The Morgan fingerprint density at radius 2 is 2.25 bits per heavy atom. The molecule has 0 aliphatic carbocycles. The van der Waals surface area contributed by atoms with E-state index >= 15 is 0 Å². The molecule has 6 nitrogen and oxygen atoms in total. The molecule has 0 bridgehead atoms. The van der Waals surface area contributed by atoms with E-state index in [2.05, 4.69) is 10.1 Å². The monoisotopic (exact) mass is 279 g/mol. The summed E-state index contributed by atoms with van der Waals surface area (Å²) in [5.74, 6) is -0.113. The number of fused-ring (bicyclic) bond motifs is 1. The summed E-state index contributed by atoms with van der Waals surface area (Å²) < 4.78 is 15.1. The van der Waals surface area contributed by atoms with Gasteiger partial charge in [0, 0.05) is 0 Å². The van der Waals surface area contributed by atoms with E-state index in [0.29, 0.717) is 18.9 Å². The number of carbonyl (C=O) groups is 2. The summed E-state index contributed by atoms with van der Waals surface area (Å²) in [6.07, 6.45) is -0.443. The number of hydrogen-bond donors (Lipinski definition) is 1. The zero-order valence-electron chi connectivity index (χ0n) is 11.5. The molecule has 2 rings (SSSR count). The van der Waals surface area contributed by atoms with Gasteiger partial charge in [-0.25, -0.2) is 4.79 Å². The molecule has 0 radical (unpaired) electrons. The highest BCUT2D eigenvalue weighted by Gasteiger charge is 2.27. The van der Waals surface area contributed by atoms with Crippen molar-refractivity contribution < 1.29 is 23.8 Å². The molecule has 1 N–H and O–H groups in total. The molecule has 1 aromatic carbocycles. The van der Waals surface area contributed by atoms with Crippen LogP contribution in [0.1, 0.15) is 12.5 Å². The second-order valence-electron chi connectivity index (χ2n) is 4.32. The van der Waals surface area contributed by atoms with Crippen LogP contribution in [-0.4, -0.2) is 38.3 Å². The molecular weight excluding hydrogens is 262 g/mol. The van der Waals surface area contributed by atoms with Crippen LogP contribution in [0.2, 0.25) is 0 Å². The average Bonchev–Trinajstić information content (AvgIpc) is 2.46. The molecule has 1 atom stereocenters. The standard InChI is InChI=1S/C14H17NO5/c1-3-19-14(17)12-8-15-10-6-9(7-13(16)18-2)4-5-11(10)20-12/h4-6,12,15H,3,7-8H2,1-2H3. The first-order valence-corrected chi connectivity index (χ1v) is 6.41. The number of nitrogens with one attached hydrogen (secondary N) is 1. The third-order valence-electron chi connectivity index (χ3n) is 2.92. The number of rotatable bonds is 4. The minimum atomic E-state index is -0.645. The minimum Gasteiger partial charge on any atom is -0.475 e. The van der Waals surface area contributed by atoms with Gasteiger partial charge >= 0.3 is 11.9 Å². The summed E-state index contributed by atoms with van der Waals surface area (Å²) >= 11 is 0. The normalized spacial score (nSPS) is 16.4. The zero-order chi connectivity index (χ0) is 14.5. The van der Waals surface area contributed by atoms with Crippen LogP contribution in [0.15, 0.2) is 18.2 Å². The molecule has 108 valence electrons. The first-order valence-electron chi connectivity index (χ1n) is 6.41. The Bertz CT molecular complexity index is 514. The largest absolute Gasteiger partial charge is 0.475 e. The Balaban J connectivity index is 2.07. The Kier molecular flexibility index (Phi) is 4.45. The zero-order valence-corrected chi connectivity index (χ0v) is 11.5. The van der Waals surface area contributed by atoms with Crippen molar-refractivity contribution >= 4 is 17.6 Å². The van der Waals surface area contributed by atoms with Gasteiger partial charge in [0.25, 0.3) is 0 Å². The molecule has 20 heavy (non-hydrogen) atoms. The smallest absolute Gasteiger partial charge is 0.349 e. The number of ether oxygens (including phenoxy) is 3. The maximum atomic E-state index is 11.6. The lowest BCUT2D eigenvalue weighted by Crippen LogP contribution is -2.39. The SMILES string of the molecule is CCOC(=O)C1CNc2cc(CC(=O)OC)ccc2O1. The van der Waals surface area contributed by atoms with Crippen LogP contribution in [0.25, 0.3) is 0 Å². The van der Waals surface area contributed by atoms with E-state index in [1.54, 1.807) is 19.1 Å². The molecule has 0 saturated heterocycles. The molecule has 1 aromatic rings. The van der Waals surface area contributed by atoms with Gasteiger partial charge in [-0.2, -0.15) is 0 Å². The van der Waals surface area contributed by atoms with Gasteiger partial charge in [-0.05, 0) is 24.6 Å². The summed E-state index contributed by atoms with van der Waals surface area (Å²) in [5, 5.41) is 3.11. The highest BCUT2D eigenvalue weighted by molar-refractivity contribution is 5.78. The van der Waals surface area contributed by atoms with Gasteiger partial charge in [0.15, 0.2) is 0 Å². The Hall–Kier alpha value is -2.24.